The summed E-state index contributed by atoms with van der Waals surface area (Å²) in [5.41, 5.74) is -0.124. The highest BCUT2D eigenvalue weighted by Crippen LogP contribution is 2.35. The molecule has 0 unspecified atom stereocenters. The van der Waals surface area contributed by atoms with Crippen molar-refractivity contribution in [2.45, 2.75) is 32.7 Å². The van der Waals surface area contributed by atoms with E-state index in [4.69, 9.17) is 9.47 Å². The van der Waals surface area contributed by atoms with Gasteiger partial charge >= 0.3 is 12.1 Å². The zero-order valence-corrected chi connectivity index (χ0v) is 16.6. The summed E-state index contributed by atoms with van der Waals surface area (Å²) in [6.07, 6.45) is 3.17. The quantitative estimate of drug-likeness (QED) is 0.414. The highest BCUT2D eigenvalue weighted by atomic mass is 19.4. The lowest BCUT2D eigenvalue weighted by atomic mass is 10.1. The van der Waals surface area contributed by atoms with Gasteiger partial charge in [0.05, 0.1) is 11.7 Å². The predicted molar refractivity (Wildman–Crippen MR) is 103 cm³/mol. The maximum atomic E-state index is 13.2. The van der Waals surface area contributed by atoms with Crippen LogP contribution in [0.2, 0.25) is 0 Å². The van der Waals surface area contributed by atoms with Gasteiger partial charge in [0.15, 0.2) is 5.82 Å². The summed E-state index contributed by atoms with van der Waals surface area (Å²) in [5, 5.41) is 4.08. The summed E-state index contributed by atoms with van der Waals surface area (Å²) < 4.78 is 51.4. The maximum absolute atomic E-state index is 13.2. The molecule has 0 amide bonds. The van der Waals surface area contributed by atoms with Gasteiger partial charge in [0.2, 0.25) is 0 Å². The predicted octanol–water partition coefficient (Wildman–Crippen LogP) is 3.76. The number of hydrogen-bond acceptors (Lipinski definition) is 7. The molecule has 11 heteroatoms. The average Bonchev–Trinajstić information content (AvgIpc) is 3.19. The van der Waals surface area contributed by atoms with Gasteiger partial charge in [-0.1, -0.05) is 0 Å². The highest BCUT2D eigenvalue weighted by Gasteiger charge is 2.32. The van der Waals surface area contributed by atoms with Crippen molar-refractivity contribution in [2.75, 3.05) is 0 Å². The standard InChI is InChI=1S/C20H18F3N5O3/c1-13(2)31-17-6-15(5-16(7-17)20(21,22)23)19-26-12-28(27-19)4-3-18(29)30-10-14-8-24-11-25-9-14/h3-9,11-13H,10H2,1-2H3/b4-3-. The molecule has 0 saturated heterocycles. The van der Waals surface area contributed by atoms with Crippen molar-refractivity contribution in [3.05, 3.63) is 60.5 Å². The van der Waals surface area contributed by atoms with Crippen molar-refractivity contribution >= 4 is 12.2 Å². The van der Waals surface area contributed by atoms with Crippen molar-refractivity contribution < 1.29 is 27.4 Å². The number of hydrogen-bond donors (Lipinski definition) is 0. The average molecular weight is 433 g/mol. The minimum Gasteiger partial charge on any atom is -0.491 e. The second kappa shape index (κ2) is 9.37. The molecule has 0 saturated carbocycles. The molecule has 0 bridgehead atoms. The van der Waals surface area contributed by atoms with E-state index < -0.39 is 17.7 Å². The summed E-state index contributed by atoms with van der Waals surface area (Å²) in [7, 11) is 0. The first-order chi connectivity index (χ1) is 14.7. The van der Waals surface area contributed by atoms with Crippen LogP contribution < -0.4 is 4.74 Å². The summed E-state index contributed by atoms with van der Waals surface area (Å²) in [4.78, 5) is 23.4. The normalized spacial score (nSPS) is 11.8. The molecule has 0 spiro atoms. The fourth-order valence-corrected chi connectivity index (χ4v) is 2.46. The van der Waals surface area contributed by atoms with E-state index in [1.165, 1.54) is 42.0 Å². The molecule has 31 heavy (non-hydrogen) atoms. The molecule has 0 aliphatic carbocycles. The molecular weight excluding hydrogens is 415 g/mol. The minimum atomic E-state index is -4.55. The van der Waals surface area contributed by atoms with Crippen molar-refractivity contribution in [1.82, 2.24) is 24.7 Å². The van der Waals surface area contributed by atoms with Crippen LogP contribution in [0.1, 0.15) is 25.0 Å². The SMILES string of the molecule is CC(C)Oc1cc(-c2ncn(/C=C\C(=O)OCc3cncnc3)n2)cc(C(F)(F)F)c1. The molecule has 0 N–H and O–H groups in total. The fourth-order valence-electron chi connectivity index (χ4n) is 2.46. The molecule has 8 nitrogen and oxygen atoms in total. The molecule has 1 aromatic carbocycles. The Morgan fingerprint density at radius 3 is 2.61 bits per heavy atom. The van der Waals surface area contributed by atoms with Crippen LogP contribution in [0.5, 0.6) is 5.75 Å². The smallest absolute Gasteiger partial charge is 0.416 e. The molecule has 0 aliphatic heterocycles. The van der Waals surface area contributed by atoms with Crippen molar-refractivity contribution in [3.8, 4) is 17.1 Å². The van der Waals surface area contributed by atoms with E-state index in [2.05, 4.69) is 20.1 Å². The van der Waals surface area contributed by atoms with Crippen molar-refractivity contribution in [2.24, 2.45) is 0 Å². The Morgan fingerprint density at radius 1 is 1.19 bits per heavy atom. The number of nitrogens with zero attached hydrogens (tertiary/aromatic N) is 5. The van der Waals surface area contributed by atoms with Gasteiger partial charge in [0, 0.05) is 35.8 Å². The van der Waals surface area contributed by atoms with E-state index in [1.807, 2.05) is 0 Å². The van der Waals surface area contributed by atoms with Crippen LogP contribution in [0, 0.1) is 0 Å². The van der Waals surface area contributed by atoms with Crippen molar-refractivity contribution in [3.63, 3.8) is 0 Å². The Bertz CT molecular complexity index is 1070. The molecule has 162 valence electrons. The van der Waals surface area contributed by atoms with Crippen LogP contribution in [-0.4, -0.2) is 36.8 Å². The number of aromatic nitrogens is 5. The summed E-state index contributed by atoms with van der Waals surface area (Å²) in [6.45, 7) is 3.42. The molecule has 2 heterocycles. The number of halogens is 3. The molecular formula is C20H18F3N5O3. The molecule has 0 aliphatic rings. The maximum Gasteiger partial charge on any atom is 0.416 e. The number of carbonyl (C=O) groups excluding carboxylic acids is 1. The lowest BCUT2D eigenvalue weighted by Gasteiger charge is -2.14. The number of ether oxygens (including phenoxy) is 2. The minimum absolute atomic E-state index is 0.00448. The van der Waals surface area contributed by atoms with Gasteiger partial charge in [0.25, 0.3) is 0 Å². The summed E-state index contributed by atoms with van der Waals surface area (Å²) in [6, 6.07) is 3.29. The Kier molecular flexibility index (Phi) is 6.63. The van der Waals surface area contributed by atoms with E-state index >= 15 is 0 Å². The van der Waals surface area contributed by atoms with Crippen LogP contribution in [0.15, 0.2) is 49.3 Å². The van der Waals surface area contributed by atoms with Crippen LogP contribution in [0.25, 0.3) is 17.6 Å². The molecule has 2 aromatic heterocycles. The first-order valence-corrected chi connectivity index (χ1v) is 9.10. The van der Waals surface area contributed by atoms with Gasteiger partial charge in [0.1, 0.15) is 25.0 Å². The second-order valence-electron chi connectivity index (χ2n) is 6.63. The van der Waals surface area contributed by atoms with E-state index in [1.54, 1.807) is 13.8 Å². The van der Waals surface area contributed by atoms with Gasteiger partial charge in [-0.15, -0.1) is 5.10 Å². The van der Waals surface area contributed by atoms with E-state index in [0.717, 1.165) is 18.2 Å². The topological polar surface area (TPSA) is 92.0 Å². The number of carbonyl (C=O) groups is 1. The third kappa shape index (κ3) is 6.36. The Labute approximate surface area is 175 Å². The summed E-state index contributed by atoms with van der Waals surface area (Å²) >= 11 is 0. The fraction of sp³-hybridized carbons (Fsp3) is 0.250. The number of esters is 1. The van der Waals surface area contributed by atoms with Crippen LogP contribution in [0.4, 0.5) is 13.2 Å². The van der Waals surface area contributed by atoms with Gasteiger partial charge < -0.3 is 9.47 Å². The molecule has 0 fully saturated rings. The van der Waals surface area contributed by atoms with Crippen LogP contribution >= 0.6 is 0 Å². The largest absolute Gasteiger partial charge is 0.491 e. The Morgan fingerprint density at radius 2 is 1.94 bits per heavy atom. The van der Waals surface area contributed by atoms with Crippen molar-refractivity contribution in [1.29, 1.82) is 0 Å². The van der Waals surface area contributed by atoms with Gasteiger partial charge in [-0.3, -0.25) is 0 Å². The second-order valence-corrected chi connectivity index (χ2v) is 6.63. The molecule has 3 aromatic rings. The third-order valence-corrected chi connectivity index (χ3v) is 3.73. The number of alkyl halides is 3. The Hall–Kier alpha value is -3.76. The lowest BCUT2D eigenvalue weighted by Crippen LogP contribution is -2.09. The first kappa shape index (κ1) is 21.9. The van der Waals surface area contributed by atoms with Crippen LogP contribution in [0.3, 0.4) is 0 Å². The molecule has 0 radical (unpaired) electrons. The van der Waals surface area contributed by atoms with E-state index in [0.29, 0.717) is 5.56 Å². The first-order valence-electron chi connectivity index (χ1n) is 9.10. The Balaban J connectivity index is 1.73. The van der Waals surface area contributed by atoms with Crippen LogP contribution in [-0.2, 0) is 22.3 Å². The zero-order chi connectivity index (χ0) is 22.4. The monoisotopic (exact) mass is 433 g/mol. The van der Waals surface area contributed by atoms with E-state index in [-0.39, 0.29) is 29.8 Å². The lowest BCUT2D eigenvalue weighted by molar-refractivity contribution is -0.139. The molecule has 0 atom stereocenters. The zero-order valence-electron chi connectivity index (χ0n) is 16.6. The summed E-state index contributed by atoms with van der Waals surface area (Å²) in [5.74, 6) is -0.549. The van der Waals surface area contributed by atoms with Gasteiger partial charge in [-0.25, -0.2) is 24.4 Å². The number of benzene rings is 1. The van der Waals surface area contributed by atoms with Gasteiger partial charge in [-0.05, 0) is 32.0 Å². The van der Waals surface area contributed by atoms with Gasteiger partial charge in [-0.2, -0.15) is 13.2 Å². The van der Waals surface area contributed by atoms with E-state index in [9.17, 15) is 18.0 Å². The highest BCUT2D eigenvalue weighted by molar-refractivity contribution is 5.84. The third-order valence-electron chi connectivity index (χ3n) is 3.73. The molecule has 3 rings (SSSR count). The number of rotatable bonds is 7.